The van der Waals surface area contributed by atoms with Gasteiger partial charge in [-0.25, -0.2) is 0 Å². The van der Waals surface area contributed by atoms with Gasteiger partial charge in [0.05, 0.1) is 6.10 Å². The Hall–Kier alpha value is -0.0400. The Morgan fingerprint density at radius 1 is 0.867 bits per heavy atom. The zero-order chi connectivity index (χ0) is 11.7. The van der Waals surface area contributed by atoms with Crippen LogP contribution in [0.15, 0.2) is 0 Å². The molecule has 0 aliphatic heterocycles. The van der Waals surface area contributed by atoms with Gasteiger partial charge in [-0.1, -0.05) is 53.4 Å². The molecule has 1 heteroatoms. The molecule has 0 aromatic heterocycles. The summed E-state index contributed by atoms with van der Waals surface area (Å²) in [5, 5.41) is 10.2. The van der Waals surface area contributed by atoms with Crippen LogP contribution in [0.3, 0.4) is 0 Å². The molecular weight excluding hydrogens is 184 g/mol. The van der Waals surface area contributed by atoms with Gasteiger partial charge in [0.25, 0.3) is 0 Å². The molecule has 1 nitrogen and oxygen atoms in total. The first-order valence-corrected chi connectivity index (χ1v) is 6.83. The van der Waals surface area contributed by atoms with E-state index in [1.54, 1.807) is 0 Å². The van der Waals surface area contributed by atoms with Crippen molar-refractivity contribution in [3.8, 4) is 0 Å². The first-order chi connectivity index (χ1) is 7.15. The van der Waals surface area contributed by atoms with E-state index in [0.717, 1.165) is 6.42 Å². The molecule has 0 radical (unpaired) electrons. The van der Waals surface area contributed by atoms with Gasteiger partial charge in [-0.05, 0) is 31.1 Å². The van der Waals surface area contributed by atoms with Crippen LogP contribution in [0.25, 0.3) is 0 Å². The average molecular weight is 214 g/mol. The SMILES string of the molecule is CCCC(C)CC(O)C(CCC)CCC. The zero-order valence-electron chi connectivity index (χ0n) is 11.1. The Bertz CT molecular complexity index is 127. The Labute approximate surface area is 96.3 Å². The largest absolute Gasteiger partial charge is 0.393 e. The van der Waals surface area contributed by atoms with Gasteiger partial charge in [-0.2, -0.15) is 0 Å². The lowest BCUT2D eigenvalue weighted by Crippen LogP contribution is -2.22. The molecule has 15 heavy (non-hydrogen) atoms. The molecule has 0 saturated carbocycles. The van der Waals surface area contributed by atoms with Crippen LogP contribution in [0.1, 0.15) is 72.6 Å². The summed E-state index contributed by atoms with van der Waals surface area (Å²) in [5.74, 6) is 1.22. The second-order valence-electron chi connectivity index (χ2n) is 5.03. The van der Waals surface area contributed by atoms with Gasteiger partial charge < -0.3 is 5.11 Å². The normalized spacial score (nSPS) is 15.6. The van der Waals surface area contributed by atoms with Crippen molar-refractivity contribution >= 4 is 0 Å². The van der Waals surface area contributed by atoms with Crippen molar-refractivity contribution in [2.24, 2.45) is 11.8 Å². The molecule has 0 aliphatic rings. The van der Waals surface area contributed by atoms with Crippen molar-refractivity contribution in [1.82, 2.24) is 0 Å². The number of hydrogen-bond acceptors (Lipinski definition) is 1. The Morgan fingerprint density at radius 3 is 1.73 bits per heavy atom. The van der Waals surface area contributed by atoms with Crippen molar-refractivity contribution in [2.75, 3.05) is 0 Å². The van der Waals surface area contributed by atoms with E-state index >= 15 is 0 Å². The Morgan fingerprint density at radius 2 is 1.33 bits per heavy atom. The van der Waals surface area contributed by atoms with E-state index < -0.39 is 0 Å². The molecule has 0 saturated heterocycles. The highest BCUT2D eigenvalue weighted by atomic mass is 16.3. The highest BCUT2D eigenvalue weighted by Crippen LogP contribution is 2.24. The smallest absolute Gasteiger partial charge is 0.0570 e. The molecule has 0 bridgehead atoms. The highest BCUT2D eigenvalue weighted by molar-refractivity contribution is 4.71. The van der Waals surface area contributed by atoms with Crippen molar-refractivity contribution in [3.05, 3.63) is 0 Å². The minimum Gasteiger partial charge on any atom is -0.393 e. The number of hydrogen-bond donors (Lipinski definition) is 1. The molecule has 2 unspecified atom stereocenters. The van der Waals surface area contributed by atoms with Gasteiger partial charge >= 0.3 is 0 Å². The molecule has 1 N–H and O–H groups in total. The lowest BCUT2D eigenvalue weighted by molar-refractivity contribution is 0.0727. The van der Waals surface area contributed by atoms with E-state index in [-0.39, 0.29) is 6.10 Å². The Balaban J connectivity index is 3.93. The molecule has 0 aromatic rings. The molecule has 0 amide bonds. The third-order valence-corrected chi connectivity index (χ3v) is 3.29. The third-order valence-electron chi connectivity index (χ3n) is 3.29. The minimum absolute atomic E-state index is 0.0635. The van der Waals surface area contributed by atoms with Crippen LogP contribution in [0.5, 0.6) is 0 Å². The van der Waals surface area contributed by atoms with Crippen molar-refractivity contribution < 1.29 is 5.11 Å². The number of aliphatic hydroxyl groups is 1. The fourth-order valence-electron chi connectivity index (χ4n) is 2.49. The lowest BCUT2D eigenvalue weighted by atomic mass is 9.86. The first-order valence-electron chi connectivity index (χ1n) is 6.83. The van der Waals surface area contributed by atoms with Crippen LogP contribution < -0.4 is 0 Å². The summed E-state index contributed by atoms with van der Waals surface area (Å²) in [5.41, 5.74) is 0. The van der Waals surface area contributed by atoms with Gasteiger partial charge in [-0.3, -0.25) is 0 Å². The lowest BCUT2D eigenvalue weighted by Gasteiger charge is -2.24. The standard InChI is InChI=1S/C14H30O/c1-5-8-12(4)11-14(15)13(9-6-2)10-7-3/h12-15H,5-11H2,1-4H3. The van der Waals surface area contributed by atoms with E-state index in [4.69, 9.17) is 0 Å². The number of rotatable bonds is 9. The average Bonchev–Trinajstić information content (AvgIpc) is 2.17. The van der Waals surface area contributed by atoms with Crippen LogP contribution >= 0.6 is 0 Å². The van der Waals surface area contributed by atoms with Crippen LogP contribution in [0, 0.1) is 11.8 Å². The summed E-state index contributed by atoms with van der Waals surface area (Å²) in [6, 6.07) is 0. The van der Waals surface area contributed by atoms with E-state index in [9.17, 15) is 5.11 Å². The van der Waals surface area contributed by atoms with Crippen LogP contribution in [-0.4, -0.2) is 11.2 Å². The third kappa shape index (κ3) is 6.94. The van der Waals surface area contributed by atoms with Crippen LogP contribution in [-0.2, 0) is 0 Å². The van der Waals surface area contributed by atoms with Crippen molar-refractivity contribution in [2.45, 2.75) is 78.7 Å². The summed E-state index contributed by atoms with van der Waals surface area (Å²) < 4.78 is 0. The maximum absolute atomic E-state index is 10.2. The maximum atomic E-state index is 10.2. The summed E-state index contributed by atoms with van der Waals surface area (Å²) >= 11 is 0. The molecule has 92 valence electrons. The topological polar surface area (TPSA) is 20.2 Å². The quantitative estimate of drug-likeness (QED) is 0.603. The summed E-state index contributed by atoms with van der Waals surface area (Å²) in [4.78, 5) is 0. The molecule has 2 atom stereocenters. The van der Waals surface area contributed by atoms with Crippen molar-refractivity contribution in [1.29, 1.82) is 0 Å². The molecule has 0 aliphatic carbocycles. The monoisotopic (exact) mass is 214 g/mol. The second-order valence-corrected chi connectivity index (χ2v) is 5.03. The van der Waals surface area contributed by atoms with Gasteiger partial charge in [0, 0.05) is 0 Å². The molecule has 0 spiro atoms. The molecular formula is C14H30O. The summed E-state index contributed by atoms with van der Waals surface area (Å²) in [6.45, 7) is 8.91. The van der Waals surface area contributed by atoms with E-state index in [1.165, 1.54) is 38.5 Å². The summed E-state index contributed by atoms with van der Waals surface area (Å²) in [6.07, 6.45) is 8.20. The van der Waals surface area contributed by atoms with E-state index in [0.29, 0.717) is 11.8 Å². The second kappa shape index (κ2) is 9.21. The van der Waals surface area contributed by atoms with Gasteiger partial charge in [0.2, 0.25) is 0 Å². The first kappa shape index (κ1) is 15.0. The fraction of sp³-hybridized carbons (Fsp3) is 1.00. The Kier molecular flexibility index (Phi) is 9.18. The minimum atomic E-state index is -0.0635. The van der Waals surface area contributed by atoms with E-state index in [2.05, 4.69) is 27.7 Å². The molecule has 0 heterocycles. The zero-order valence-corrected chi connectivity index (χ0v) is 11.1. The van der Waals surface area contributed by atoms with Crippen LogP contribution in [0.2, 0.25) is 0 Å². The van der Waals surface area contributed by atoms with Crippen molar-refractivity contribution in [3.63, 3.8) is 0 Å². The fourth-order valence-corrected chi connectivity index (χ4v) is 2.49. The number of aliphatic hydroxyl groups excluding tert-OH is 1. The predicted molar refractivity (Wildman–Crippen MR) is 68.0 cm³/mol. The van der Waals surface area contributed by atoms with Gasteiger partial charge in [-0.15, -0.1) is 0 Å². The molecule has 0 fully saturated rings. The molecule has 0 rings (SSSR count). The van der Waals surface area contributed by atoms with Gasteiger partial charge in [0.15, 0.2) is 0 Å². The van der Waals surface area contributed by atoms with Crippen LogP contribution in [0.4, 0.5) is 0 Å². The van der Waals surface area contributed by atoms with E-state index in [1.807, 2.05) is 0 Å². The summed E-state index contributed by atoms with van der Waals surface area (Å²) in [7, 11) is 0. The van der Waals surface area contributed by atoms with Gasteiger partial charge in [0.1, 0.15) is 0 Å². The predicted octanol–water partition coefficient (Wildman–Crippen LogP) is 4.39. The highest BCUT2D eigenvalue weighted by Gasteiger charge is 2.19. The molecule has 0 aromatic carbocycles. The maximum Gasteiger partial charge on any atom is 0.0570 e.